The molecule has 4 heteroatoms. The zero-order valence-electron chi connectivity index (χ0n) is 19.2. The molecule has 0 heterocycles. The quantitative estimate of drug-likeness (QED) is 0.283. The predicted octanol–water partition coefficient (Wildman–Crippen LogP) is 7.61. The largest absolute Gasteiger partial charge is 0.493 e. The van der Waals surface area contributed by atoms with Gasteiger partial charge in [0.2, 0.25) is 0 Å². The van der Waals surface area contributed by atoms with Crippen molar-refractivity contribution >= 4 is 11.8 Å². The molecule has 0 aliphatic heterocycles. The predicted molar refractivity (Wildman–Crippen MR) is 137 cm³/mol. The van der Waals surface area contributed by atoms with E-state index in [-0.39, 0.29) is 0 Å². The number of hydrogen-bond acceptors (Lipinski definition) is 4. The Bertz CT molecular complexity index is 1330. The van der Waals surface area contributed by atoms with Crippen LogP contribution in [0.1, 0.15) is 11.1 Å². The maximum Gasteiger partial charge on any atom is 0.161 e. The molecule has 0 unspecified atom stereocenters. The molecule has 0 aliphatic rings. The van der Waals surface area contributed by atoms with E-state index >= 15 is 0 Å². The van der Waals surface area contributed by atoms with Gasteiger partial charge < -0.3 is 9.47 Å². The van der Waals surface area contributed by atoms with E-state index in [2.05, 4.69) is 42.5 Å². The first-order valence-electron chi connectivity index (χ1n) is 10.6. The van der Waals surface area contributed by atoms with E-state index in [4.69, 9.17) is 9.47 Å². The minimum absolute atomic E-state index is 0.655. The second-order valence-electron chi connectivity index (χ2n) is 7.57. The molecule has 3 nitrogen and oxygen atoms in total. The van der Waals surface area contributed by atoms with Gasteiger partial charge in [0.05, 0.1) is 19.8 Å². The van der Waals surface area contributed by atoms with Gasteiger partial charge in [-0.2, -0.15) is 5.26 Å². The summed E-state index contributed by atoms with van der Waals surface area (Å²) in [6, 6.07) is 29.1. The van der Waals surface area contributed by atoms with Gasteiger partial charge in [-0.3, -0.25) is 0 Å². The molecule has 4 rings (SSSR count). The highest BCUT2D eigenvalue weighted by Crippen LogP contribution is 2.49. The van der Waals surface area contributed by atoms with E-state index in [0.717, 1.165) is 43.8 Å². The van der Waals surface area contributed by atoms with E-state index in [1.54, 1.807) is 26.0 Å². The lowest BCUT2D eigenvalue weighted by molar-refractivity contribution is 0.355. The van der Waals surface area contributed by atoms with Crippen LogP contribution >= 0.6 is 11.8 Å². The summed E-state index contributed by atoms with van der Waals surface area (Å²) in [5, 5.41) is 10.2. The molecule has 0 atom stereocenters. The fourth-order valence-electron chi connectivity index (χ4n) is 4.31. The van der Waals surface area contributed by atoms with Crippen LogP contribution in [0.15, 0.2) is 83.8 Å². The SMILES string of the molecule is COc1ccc(-c2c(C)c(C#N)c(SC)c(-c3ccccc3)c2-c2ccccc2)cc1OC. The minimum atomic E-state index is 0.655. The zero-order valence-corrected chi connectivity index (χ0v) is 20.0. The third kappa shape index (κ3) is 4.08. The van der Waals surface area contributed by atoms with Gasteiger partial charge in [-0.05, 0) is 58.7 Å². The molecule has 0 aromatic heterocycles. The maximum absolute atomic E-state index is 10.2. The second kappa shape index (κ2) is 9.85. The minimum Gasteiger partial charge on any atom is -0.493 e. The van der Waals surface area contributed by atoms with Crippen molar-refractivity contribution in [2.75, 3.05) is 20.5 Å². The first-order chi connectivity index (χ1) is 16.1. The van der Waals surface area contributed by atoms with Crippen LogP contribution in [0.5, 0.6) is 11.5 Å². The van der Waals surface area contributed by atoms with Gasteiger partial charge in [-0.1, -0.05) is 66.7 Å². The van der Waals surface area contributed by atoms with Crippen molar-refractivity contribution in [2.24, 2.45) is 0 Å². The molecule has 0 spiro atoms. The average Bonchev–Trinajstić information content (AvgIpc) is 2.88. The molecule has 0 radical (unpaired) electrons. The summed E-state index contributed by atoms with van der Waals surface area (Å²) < 4.78 is 11.1. The van der Waals surface area contributed by atoms with E-state index in [0.29, 0.717) is 17.1 Å². The molecule has 0 N–H and O–H groups in total. The Kier molecular flexibility index (Phi) is 6.72. The zero-order chi connectivity index (χ0) is 23.4. The summed E-state index contributed by atoms with van der Waals surface area (Å²) in [6.45, 7) is 2.03. The third-order valence-electron chi connectivity index (χ3n) is 5.82. The van der Waals surface area contributed by atoms with Crippen LogP contribution in [0.25, 0.3) is 33.4 Å². The molecule has 0 bridgehead atoms. The highest BCUT2D eigenvalue weighted by atomic mass is 32.2. The van der Waals surface area contributed by atoms with Crippen LogP contribution in [0.4, 0.5) is 0 Å². The van der Waals surface area contributed by atoms with Crippen LogP contribution in [0.2, 0.25) is 0 Å². The summed E-state index contributed by atoms with van der Waals surface area (Å²) in [4.78, 5) is 0.990. The van der Waals surface area contributed by atoms with Crippen LogP contribution in [-0.4, -0.2) is 20.5 Å². The fourth-order valence-corrected chi connectivity index (χ4v) is 5.14. The lowest BCUT2D eigenvalue weighted by Crippen LogP contribution is -2.01. The van der Waals surface area contributed by atoms with E-state index in [1.807, 2.05) is 55.6 Å². The van der Waals surface area contributed by atoms with Crippen LogP contribution in [0, 0.1) is 18.3 Å². The van der Waals surface area contributed by atoms with Gasteiger partial charge in [-0.15, -0.1) is 11.8 Å². The summed E-state index contributed by atoms with van der Waals surface area (Å²) in [7, 11) is 3.27. The Balaban J connectivity index is 2.21. The Morgan fingerprint density at radius 1 is 0.697 bits per heavy atom. The summed E-state index contributed by atoms with van der Waals surface area (Å²) >= 11 is 1.61. The van der Waals surface area contributed by atoms with Crippen molar-refractivity contribution in [3.8, 4) is 50.9 Å². The van der Waals surface area contributed by atoms with E-state index in [1.165, 1.54) is 0 Å². The Morgan fingerprint density at radius 2 is 1.27 bits per heavy atom. The molecule has 164 valence electrons. The first-order valence-corrected chi connectivity index (χ1v) is 11.8. The topological polar surface area (TPSA) is 42.2 Å². The highest BCUT2D eigenvalue weighted by molar-refractivity contribution is 7.98. The standard InChI is InChI=1S/C29H25NO2S/c1-19-23(18-30)29(33-4)28(21-13-9-6-10-14-21)27(20-11-7-5-8-12-20)26(19)22-15-16-24(31-2)25(17-22)32-3/h5-17H,1-4H3. The lowest BCUT2D eigenvalue weighted by Gasteiger charge is -2.24. The van der Waals surface area contributed by atoms with Gasteiger partial charge >= 0.3 is 0 Å². The van der Waals surface area contributed by atoms with Crippen molar-refractivity contribution in [2.45, 2.75) is 11.8 Å². The molecule has 0 amide bonds. The highest BCUT2D eigenvalue weighted by Gasteiger charge is 2.25. The first kappa shape index (κ1) is 22.5. The average molecular weight is 452 g/mol. The van der Waals surface area contributed by atoms with Gasteiger partial charge in [0.25, 0.3) is 0 Å². The van der Waals surface area contributed by atoms with Crippen molar-refractivity contribution < 1.29 is 9.47 Å². The van der Waals surface area contributed by atoms with Crippen LogP contribution < -0.4 is 9.47 Å². The van der Waals surface area contributed by atoms with Crippen molar-refractivity contribution in [3.05, 3.63) is 90.0 Å². The molecule has 0 saturated carbocycles. The van der Waals surface area contributed by atoms with E-state index in [9.17, 15) is 5.26 Å². The third-order valence-corrected chi connectivity index (χ3v) is 6.63. The number of methoxy groups -OCH3 is 2. The number of rotatable bonds is 6. The number of hydrogen-bond donors (Lipinski definition) is 0. The number of nitriles is 1. The Morgan fingerprint density at radius 3 is 1.79 bits per heavy atom. The number of benzene rings is 4. The van der Waals surface area contributed by atoms with Gasteiger partial charge in [0.15, 0.2) is 11.5 Å². The Labute approximate surface area is 199 Å². The summed E-state index contributed by atoms with van der Waals surface area (Å²) in [6.07, 6.45) is 2.03. The van der Waals surface area contributed by atoms with Gasteiger partial charge in [0.1, 0.15) is 6.07 Å². The van der Waals surface area contributed by atoms with Crippen LogP contribution in [-0.2, 0) is 0 Å². The Hall–Kier alpha value is -3.68. The molecular weight excluding hydrogens is 426 g/mol. The number of nitrogens with zero attached hydrogens (tertiary/aromatic N) is 1. The summed E-state index contributed by atoms with van der Waals surface area (Å²) in [5.41, 5.74) is 8.01. The maximum atomic E-state index is 10.2. The summed E-state index contributed by atoms with van der Waals surface area (Å²) in [5.74, 6) is 1.33. The van der Waals surface area contributed by atoms with Gasteiger partial charge in [-0.25, -0.2) is 0 Å². The molecular formula is C29H25NO2S. The second-order valence-corrected chi connectivity index (χ2v) is 8.39. The monoisotopic (exact) mass is 451 g/mol. The molecule has 0 aliphatic carbocycles. The van der Waals surface area contributed by atoms with E-state index < -0.39 is 0 Å². The molecule has 0 saturated heterocycles. The number of thioether (sulfide) groups is 1. The van der Waals surface area contributed by atoms with Crippen molar-refractivity contribution in [3.63, 3.8) is 0 Å². The molecule has 33 heavy (non-hydrogen) atoms. The molecule has 4 aromatic carbocycles. The van der Waals surface area contributed by atoms with Gasteiger partial charge in [0, 0.05) is 10.5 Å². The normalized spacial score (nSPS) is 10.5. The van der Waals surface area contributed by atoms with Crippen molar-refractivity contribution in [1.82, 2.24) is 0 Å². The smallest absolute Gasteiger partial charge is 0.161 e. The molecule has 4 aromatic rings. The van der Waals surface area contributed by atoms with Crippen molar-refractivity contribution in [1.29, 1.82) is 5.26 Å². The fraction of sp³-hybridized carbons (Fsp3) is 0.138. The van der Waals surface area contributed by atoms with Crippen LogP contribution in [0.3, 0.4) is 0 Å². The lowest BCUT2D eigenvalue weighted by atomic mass is 9.82. The number of ether oxygens (including phenoxy) is 2. The molecule has 0 fully saturated rings.